The molecule has 4 rings (SSSR count). The summed E-state index contributed by atoms with van der Waals surface area (Å²) in [6, 6.07) is 13.5. The molecular weight excluding hydrogens is 468 g/mol. The van der Waals surface area contributed by atoms with Gasteiger partial charge in [0, 0.05) is 11.6 Å². The highest BCUT2D eigenvalue weighted by molar-refractivity contribution is 6.35. The summed E-state index contributed by atoms with van der Waals surface area (Å²) in [6.45, 7) is 3.75. The summed E-state index contributed by atoms with van der Waals surface area (Å²) in [7, 11) is 1.40. The smallest absolute Gasteiger partial charge is 0.336 e. The second-order valence-electron chi connectivity index (χ2n) is 8.51. The van der Waals surface area contributed by atoms with E-state index in [9.17, 15) is 19.8 Å². The van der Waals surface area contributed by atoms with Crippen molar-refractivity contribution in [1.82, 2.24) is 0 Å². The van der Waals surface area contributed by atoms with Gasteiger partial charge in [0.1, 0.15) is 28.4 Å². The summed E-state index contributed by atoms with van der Waals surface area (Å²) in [5.41, 5.74) is 1.30. The number of aromatic hydroxyl groups is 1. The number of aromatic carboxylic acids is 1. The number of hydrogen-bond acceptors (Lipinski definition) is 5. The Morgan fingerprint density at radius 2 is 1.83 bits per heavy atom. The molecule has 0 spiro atoms. The second-order valence-corrected chi connectivity index (χ2v) is 8.89. The predicted molar refractivity (Wildman–Crippen MR) is 136 cm³/mol. The van der Waals surface area contributed by atoms with E-state index in [-0.39, 0.29) is 27.6 Å². The summed E-state index contributed by atoms with van der Waals surface area (Å²) in [5.74, 6) is -1.30. The Morgan fingerprint density at radius 1 is 1.11 bits per heavy atom. The van der Waals surface area contributed by atoms with Gasteiger partial charge < -0.3 is 19.7 Å². The number of carbonyl (C=O) groups is 2. The van der Waals surface area contributed by atoms with Crippen LogP contribution in [0.5, 0.6) is 17.2 Å². The number of carboxylic acids is 1. The van der Waals surface area contributed by atoms with Crippen molar-refractivity contribution in [2.45, 2.75) is 19.4 Å². The Bertz CT molecular complexity index is 1390. The van der Waals surface area contributed by atoms with E-state index >= 15 is 0 Å². The Kier molecular flexibility index (Phi) is 6.41. The first-order valence-corrected chi connectivity index (χ1v) is 11.2. The highest BCUT2D eigenvalue weighted by atomic mass is 35.5. The van der Waals surface area contributed by atoms with E-state index in [1.54, 1.807) is 42.5 Å². The normalized spacial score (nSPS) is 13.8. The van der Waals surface area contributed by atoms with Crippen molar-refractivity contribution in [1.29, 1.82) is 0 Å². The first kappa shape index (κ1) is 24.1. The molecule has 0 saturated carbocycles. The molecule has 6 nitrogen and oxygen atoms in total. The van der Waals surface area contributed by atoms with Crippen LogP contribution in [0.25, 0.3) is 23.3 Å². The number of fused-ring (bicyclic) bond motifs is 1. The predicted octanol–water partition coefficient (Wildman–Crippen LogP) is 6.50. The number of halogens is 1. The molecule has 0 bridgehead atoms. The van der Waals surface area contributed by atoms with Crippen LogP contribution in [0, 0.1) is 0 Å². The molecule has 3 aromatic rings. The van der Waals surface area contributed by atoms with Crippen molar-refractivity contribution in [3.8, 4) is 28.4 Å². The maximum absolute atomic E-state index is 13.1. The fourth-order valence-corrected chi connectivity index (χ4v) is 4.25. The lowest BCUT2D eigenvalue weighted by molar-refractivity contribution is 0.0697. The van der Waals surface area contributed by atoms with Gasteiger partial charge >= 0.3 is 5.97 Å². The van der Waals surface area contributed by atoms with Gasteiger partial charge in [0.15, 0.2) is 5.78 Å². The SMILES string of the molecule is COc1cc2c(c(O)c1C(=O)C=Cc1ccc(C(=O)O)c(-c3ccccc3)c1Cl)C=CC(C)(C)O2. The minimum absolute atomic E-state index is 0.0167. The lowest BCUT2D eigenvalue weighted by Gasteiger charge is -2.29. The van der Waals surface area contributed by atoms with Gasteiger partial charge in [-0.2, -0.15) is 0 Å². The minimum atomic E-state index is -1.11. The van der Waals surface area contributed by atoms with E-state index < -0.39 is 17.4 Å². The molecule has 0 aliphatic carbocycles. The minimum Gasteiger partial charge on any atom is -0.506 e. The van der Waals surface area contributed by atoms with E-state index in [1.165, 1.54) is 31.4 Å². The topological polar surface area (TPSA) is 93.1 Å². The van der Waals surface area contributed by atoms with Gasteiger partial charge in [-0.15, -0.1) is 0 Å². The highest BCUT2D eigenvalue weighted by Gasteiger charge is 2.28. The number of ketones is 1. The maximum Gasteiger partial charge on any atom is 0.336 e. The van der Waals surface area contributed by atoms with E-state index in [2.05, 4.69) is 0 Å². The third kappa shape index (κ3) is 4.66. The molecule has 1 aliphatic rings. The van der Waals surface area contributed by atoms with Crippen LogP contribution < -0.4 is 9.47 Å². The first-order valence-electron chi connectivity index (χ1n) is 10.8. The zero-order chi connectivity index (χ0) is 25.3. The highest BCUT2D eigenvalue weighted by Crippen LogP contribution is 2.43. The molecule has 0 saturated heterocycles. The summed E-state index contributed by atoms with van der Waals surface area (Å²) < 4.78 is 11.3. The number of carbonyl (C=O) groups excluding carboxylic acids is 1. The monoisotopic (exact) mass is 490 g/mol. The number of allylic oxidation sites excluding steroid dienone is 1. The fraction of sp³-hybridized carbons (Fsp3) is 0.143. The van der Waals surface area contributed by atoms with Gasteiger partial charge in [0.2, 0.25) is 0 Å². The van der Waals surface area contributed by atoms with Crippen LogP contribution in [0.2, 0.25) is 5.02 Å². The molecule has 0 atom stereocenters. The standard InChI is InChI=1S/C28H23ClO6/c1-28(2)14-13-18-21(35-28)15-22(34-3)24(26(18)31)20(30)12-10-17-9-11-19(27(32)33)23(25(17)29)16-7-5-4-6-8-16/h4-15,31H,1-3H3,(H,32,33). The third-order valence-electron chi connectivity index (χ3n) is 5.64. The number of carboxylic acid groups (broad SMARTS) is 1. The average Bonchev–Trinajstić information content (AvgIpc) is 2.82. The molecule has 178 valence electrons. The zero-order valence-corrected chi connectivity index (χ0v) is 20.1. The molecule has 2 N–H and O–H groups in total. The van der Waals surface area contributed by atoms with Gasteiger partial charge in [0.05, 0.1) is 23.3 Å². The Labute approximate surface area is 207 Å². The molecule has 0 unspecified atom stereocenters. The van der Waals surface area contributed by atoms with E-state index in [0.29, 0.717) is 28.0 Å². The molecule has 1 heterocycles. The lowest BCUT2D eigenvalue weighted by Crippen LogP contribution is -2.27. The van der Waals surface area contributed by atoms with Crippen molar-refractivity contribution < 1.29 is 29.3 Å². The molecule has 0 amide bonds. The molecular formula is C28H23ClO6. The number of benzene rings is 3. The number of hydrogen-bond donors (Lipinski definition) is 2. The van der Waals surface area contributed by atoms with Crippen LogP contribution in [0.3, 0.4) is 0 Å². The number of ether oxygens (including phenoxy) is 2. The van der Waals surface area contributed by atoms with E-state index in [0.717, 1.165) is 0 Å². The Morgan fingerprint density at radius 3 is 2.49 bits per heavy atom. The molecule has 7 heteroatoms. The maximum atomic E-state index is 13.1. The van der Waals surface area contributed by atoms with E-state index in [1.807, 2.05) is 19.9 Å². The fourth-order valence-electron chi connectivity index (χ4n) is 3.92. The van der Waals surface area contributed by atoms with Crippen molar-refractivity contribution in [3.63, 3.8) is 0 Å². The van der Waals surface area contributed by atoms with Gasteiger partial charge in [-0.1, -0.05) is 48.0 Å². The largest absolute Gasteiger partial charge is 0.506 e. The number of phenolic OH excluding ortho intramolecular Hbond substituents is 1. The molecule has 0 aromatic heterocycles. The summed E-state index contributed by atoms with van der Waals surface area (Å²) >= 11 is 6.61. The second kappa shape index (κ2) is 9.31. The Balaban J connectivity index is 1.75. The third-order valence-corrected chi connectivity index (χ3v) is 6.04. The van der Waals surface area contributed by atoms with E-state index in [4.69, 9.17) is 21.1 Å². The van der Waals surface area contributed by atoms with Crippen LogP contribution in [0.4, 0.5) is 0 Å². The quantitative estimate of drug-likeness (QED) is 0.302. The summed E-state index contributed by atoms with van der Waals surface area (Å²) in [6.07, 6.45) is 6.25. The van der Waals surface area contributed by atoms with Crippen LogP contribution in [0.1, 0.15) is 45.7 Å². The van der Waals surface area contributed by atoms with Crippen LogP contribution >= 0.6 is 11.6 Å². The van der Waals surface area contributed by atoms with Crippen molar-refractivity contribution in [2.24, 2.45) is 0 Å². The molecule has 1 aliphatic heterocycles. The van der Waals surface area contributed by atoms with Gasteiger partial charge in [-0.3, -0.25) is 4.79 Å². The van der Waals surface area contributed by atoms with Gasteiger partial charge in [0.25, 0.3) is 0 Å². The van der Waals surface area contributed by atoms with Gasteiger partial charge in [-0.25, -0.2) is 4.79 Å². The number of rotatable bonds is 6. The summed E-state index contributed by atoms with van der Waals surface area (Å²) in [5, 5.41) is 20.7. The van der Waals surface area contributed by atoms with Crippen LogP contribution in [0.15, 0.2) is 60.7 Å². The molecule has 0 radical (unpaired) electrons. The summed E-state index contributed by atoms with van der Waals surface area (Å²) in [4.78, 5) is 24.9. The van der Waals surface area contributed by atoms with Crippen molar-refractivity contribution >= 4 is 35.5 Å². The van der Waals surface area contributed by atoms with Crippen molar-refractivity contribution in [3.05, 3.63) is 88.0 Å². The molecule has 0 fully saturated rings. The number of phenols is 1. The van der Waals surface area contributed by atoms with Crippen LogP contribution in [-0.2, 0) is 0 Å². The molecule has 3 aromatic carbocycles. The van der Waals surface area contributed by atoms with Crippen LogP contribution in [-0.4, -0.2) is 34.7 Å². The number of methoxy groups -OCH3 is 1. The zero-order valence-electron chi connectivity index (χ0n) is 19.3. The average molecular weight is 491 g/mol. The lowest BCUT2D eigenvalue weighted by atomic mass is 9.95. The van der Waals surface area contributed by atoms with Crippen molar-refractivity contribution in [2.75, 3.05) is 7.11 Å². The Hall–Kier alpha value is -4.03. The van der Waals surface area contributed by atoms with Gasteiger partial charge in [-0.05, 0) is 55.3 Å². The first-order chi connectivity index (χ1) is 16.6. The molecule has 35 heavy (non-hydrogen) atoms.